The molecular weight excluding hydrogens is 308 g/mol. The molecule has 1 aromatic heterocycles. The van der Waals surface area contributed by atoms with Crippen LogP contribution in [0.5, 0.6) is 0 Å². The first-order valence-electron chi connectivity index (χ1n) is 9.18. The lowest BCUT2D eigenvalue weighted by molar-refractivity contribution is 0.275. The van der Waals surface area contributed by atoms with Crippen molar-refractivity contribution in [2.24, 2.45) is 0 Å². The Labute approximate surface area is 148 Å². The van der Waals surface area contributed by atoms with E-state index >= 15 is 0 Å². The molecule has 1 aliphatic heterocycles. The number of pyridine rings is 1. The number of nitrogens with one attached hydrogen (secondary N) is 1. The number of benzene rings is 2. The lowest BCUT2D eigenvalue weighted by atomic mass is 9.92. The molecule has 1 atom stereocenters. The number of aromatic nitrogens is 1. The van der Waals surface area contributed by atoms with Crippen molar-refractivity contribution in [1.82, 2.24) is 9.88 Å². The average molecular weight is 332 g/mol. The van der Waals surface area contributed by atoms with Crippen LogP contribution in [-0.2, 0) is 6.54 Å². The van der Waals surface area contributed by atoms with Gasteiger partial charge in [-0.2, -0.15) is 0 Å². The van der Waals surface area contributed by atoms with Crippen molar-refractivity contribution in [3.8, 4) is 0 Å². The molecule has 0 saturated carbocycles. The number of fused-ring (bicyclic) bond motifs is 1. The summed E-state index contributed by atoms with van der Waals surface area (Å²) in [6, 6.07) is 20.9. The van der Waals surface area contributed by atoms with Crippen LogP contribution in [0.3, 0.4) is 0 Å². The Kier molecular flexibility index (Phi) is 4.66. The summed E-state index contributed by atoms with van der Waals surface area (Å²) < 4.78 is 0. The molecule has 1 fully saturated rings. The van der Waals surface area contributed by atoms with E-state index in [0.29, 0.717) is 5.92 Å². The molecule has 0 spiro atoms. The van der Waals surface area contributed by atoms with Gasteiger partial charge in [-0.1, -0.05) is 48.5 Å². The highest BCUT2D eigenvalue weighted by Gasteiger charge is 2.19. The second-order valence-electron chi connectivity index (χ2n) is 7.03. The largest absolute Gasteiger partial charge is 0.322 e. The number of nitrogens with zero attached hydrogens (tertiary/aromatic N) is 1. The molecule has 1 aliphatic rings. The van der Waals surface area contributed by atoms with Gasteiger partial charge < -0.3 is 4.98 Å². The fourth-order valence-electron chi connectivity index (χ4n) is 3.92. The predicted molar refractivity (Wildman–Crippen MR) is 103 cm³/mol. The van der Waals surface area contributed by atoms with E-state index in [0.717, 1.165) is 42.5 Å². The van der Waals surface area contributed by atoms with E-state index < -0.39 is 0 Å². The highest BCUT2D eigenvalue weighted by molar-refractivity contribution is 5.78. The molecular formula is C22H24N2O. The minimum absolute atomic E-state index is 0.0440. The van der Waals surface area contributed by atoms with Crippen molar-refractivity contribution in [2.75, 3.05) is 13.1 Å². The van der Waals surface area contributed by atoms with Gasteiger partial charge >= 0.3 is 0 Å². The Bertz CT molecular complexity index is 901. The van der Waals surface area contributed by atoms with Gasteiger partial charge in [0.2, 0.25) is 0 Å². The summed E-state index contributed by atoms with van der Waals surface area (Å²) in [6.07, 6.45) is 3.58. The minimum atomic E-state index is 0.0440. The van der Waals surface area contributed by atoms with Crippen LogP contribution in [0, 0.1) is 0 Å². The standard InChI is InChI=1S/C22H24N2O/c25-22-20(15-19-9-4-5-11-21(19)23-22)16-24-13-6-10-18(12-14-24)17-7-2-1-3-8-17/h1-5,7-9,11,15,18H,6,10,12-14,16H2,(H,23,25). The maximum absolute atomic E-state index is 12.4. The third kappa shape index (κ3) is 3.67. The summed E-state index contributed by atoms with van der Waals surface area (Å²) in [5.74, 6) is 0.640. The van der Waals surface area contributed by atoms with Crippen molar-refractivity contribution < 1.29 is 0 Å². The Morgan fingerprint density at radius 3 is 2.64 bits per heavy atom. The SMILES string of the molecule is O=c1[nH]c2ccccc2cc1CN1CCCC(c2ccccc2)CC1. The van der Waals surface area contributed by atoms with Crippen LogP contribution < -0.4 is 5.56 Å². The highest BCUT2D eigenvalue weighted by atomic mass is 16.1. The first kappa shape index (κ1) is 16.1. The number of H-pyrrole nitrogens is 1. The lowest BCUT2D eigenvalue weighted by Gasteiger charge is -2.20. The smallest absolute Gasteiger partial charge is 0.252 e. The summed E-state index contributed by atoms with van der Waals surface area (Å²) in [6.45, 7) is 2.85. The van der Waals surface area contributed by atoms with Crippen LogP contribution in [0.25, 0.3) is 10.9 Å². The van der Waals surface area contributed by atoms with Crippen LogP contribution in [0.1, 0.15) is 36.3 Å². The fraction of sp³-hybridized carbons (Fsp3) is 0.318. The van der Waals surface area contributed by atoms with E-state index in [1.54, 1.807) is 0 Å². The molecule has 4 rings (SSSR count). The first-order valence-corrected chi connectivity index (χ1v) is 9.18. The second-order valence-corrected chi connectivity index (χ2v) is 7.03. The monoisotopic (exact) mass is 332 g/mol. The number of aromatic amines is 1. The van der Waals surface area contributed by atoms with Crippen LogP contribution >= 0.6 is 0 Å². The summed E-state index contributed by atoms with van der Waals surface area (Å²) >= 11 is 0. The molecule has 3 aromatic rings. The Balaban J connectivity index is 1.48. The molecule has 1 saturated heterocycles. The topological polar surface area (TPSA) is 36.1 Å². The molecule has 3 nitrogen and oxygen atoms in total. The van der Waals surface area contributed by atoms with Gasteiger partial charge in [0, 0.05) is 17.6 Å². The van der Waals surface area contributed by atoms with E-state index in [2.05, 4.69) is 46.3 Å². The van der Waals surface area contributed by atoms with Crippen molar-refractivity contribution >= 4 is 10.9 Å². The van der Waals surface area contributed by atoms with Gasteiger partial charge in [-0.25, -0.2) is 0 Å². The normalized spacial score (nSPS) is 19.0. The van der Waals surface area contributed by atoms with Crippen molar-refractivity contribution in [3.05, 3.63) is 82.1 Å². The summed E-state index contributed by atoms with van der Waals surface area (Å²) in [5, 5.41) is 1.11. The fourth-order valence-corrected chi connectivity index (χ4v) is 3.92. The second kappa shape index (κ2) is 7.24. The third-order valence-corrected chi connectivity index (χ3v) is 5.32. The molecule has 0 bridgehead atoms. The van der Waals surface area contributed by atoms with Gasteiger partial charge in [-0.3, -0.25) is 9.69 Å². The van der Waals surface area contributed by atoms with E-state index in [9.17, 15) is 4.79 Å². The van der Waals surface area contributed by atoms with Crippen molar-refractivity contribution in [2.45, 2.75) is 31.7 Å². The van der Waals surface area contributed by atoms with E-state index in [1.807, 2.05) is 24.3 Å². The summed E-state index contributed by atoms with van der Waals surface area (Å²) in [7, 11) is 0. The van der Waals surface area contributed by atoms with Gasteiger partial charge in [0.05, 0.1) is 0 Å². The molecule has 0 radical (unpaired) electrons. The van der Waals surface area contributed by atoms with E-state index in [-0.39, 0.29) is 5.56 Å². The molecule has 2 heterocycles. The van der Waals surface area contributed by atoms with Gasteiger partial charge in [0.25, 0.3) is 5.56 Å². The molecule has 0 aliphatic carbocycles. The van der Waals surface area contributed by atoms with Crippen molar-refractivity contribution in [1.29, 1.82) is 0 Å². The number of rotatable bonds is 3. The number of likely N-dealkylation sites (tertiary alicyclic amines) is 1. The molecule has 3 heteroatoms. The van der Waals surface area contributed by atoms with Crippen LogP contribution in [0.4, 0.5) is 0 Å². The zero-order valence-electron chi connectivity index (χ0n) is 14.4. The van der Waals surface area contributed by atoms with Gasteiger partial charge in [0.15, 0.2) is 0 Å². The number of hydrogen-bond donors (Lipinski definition) is 1. The molecule has 128 valence electrons. The Hall–Kier alpha value is -2.39. The molecule has 1 N–H and O–H groups in total. The van der Waals surface area contributed by atoms with E-state index in [4.69, 9.17) is 0 Å². The van der Waals surface area contributed by atoms with E-state index in [1.165, 1.54) is 18.4 Å². The maximum atomic E-state index is 12.4. The average Bonchev–Trinajstić information content (AvgIpc) is 2.89. The van der Waals surface area contributed by atoms with Crippen LogP contribution in [0.15, 0.2) is 65.5 Å². The number of hydrogen-bond acceptors (Lipinski definition) is 2. The third-order valence-electron chi connectivity index (χ3n) is 5.32. The predicted octanol–water partition coefficient (Wildman–Crippen LogP) is 4.30. The number of para-hydroxylation sites is 1. The summed E-state index contributed by atoms with van der Waals surface area (Å²) in [4.78, 5) is 17.8. The lowest BCUT2D eigenvalue weighted by Crippen LogP contribution is -2.28. The molecule has 25 heavy (non-hydrogen) atoms. The van der Waals surface area contributed by atoms with Gasteiger partial charge in [0.1, 0.15) is 0 Å². The van der Waals surface area contributed by atoms with Gasteiger partial charge in [-0.15, -0.1) is 0 Å². The first-order chi connectivity index (χ1) is 12.3. The minimum Gasteiger partial charge on any atom is -0.322 e. The maximum Gasteiger partial charge on any atom is 0.252 e. The Morgan fingerprint density at radius 2 is 1.76 bits per heavy atom. The Morgan fingerprint density at radius 1 is 0.960 bits per heavy atom. The zero-order chi connectivity index (χ0) is 17.1. The quantitative estimate of drug-likeness (QED) is 0.776. The van der Waals surface area contributed by atoms with Crippen molar-refractivity contribution in [3.63, 3.8) is 0 Å². The van der Waals surface area contributed by atoms with Gasteiger partial charge in [-0.05, 0) is 61.4 Å². The zero-order valence-corrected chi connectivity index (χ0v) is 14.4. The van der Waals surface area contributed by atoms with Crippen LogP contribution in [-0.4, -0.2) is 23.0 Å². The highest BCUT2D eigenvalue weighted by Crippen LogP contribution is 2.28. The van der Waals surface area contributed by atoms with Crippen LogP contribution in [0.2, 0.25) is 0 Å². The summed E-state index contributed by atoms with van der Waals surface area (Å²) in [5.41, 5.74) is 3.28. The molecule has 2 aromatic carbocycles. The molecule has 0 amide bonds. The molecule has 1 unspecified atom stereocenters.